The van der Waals surface area contributed by atoms with Gasteiger partial charge in [-0.25, -0.2) is 4.79 Å². The van der Waals surface area contributed by atoms with Gasteiger partial charge in [-0.1, -0.05) is 17.7 Å². The summed E-state index contributed by atoms with van der Waals surface area (Å²) in [5, 5.41) is 18.4. The summed E-state index contributed by atoms with van der Waals surface area (Å²) in [5.74, 6) is -1.67. The summed E-state index contributed by atoms with van der Waals surface area (Å²) >= 11 is 5.70. The Bertz CT molecular complexity index is 461. The van der Waals surface area contributed by atoms with Gasteiger partial charge in [-0.15, -0.1) is 0 Å². The predicted molar refractivity (Wildman–Crippen MR) is 61.9 cm³/mol. The maximum atomic E-state index is 11.2. The van der Waals surface area contributed by atoms with Gasteiger partial charge in [0.05, 0.1) is 5.02 Å². The van der Waals surface area contributed by atoms with Crippen LogP contribution in [0.5, 0.6) is 5.75 Å². The van der Waals surface area contributed by atoms with Crippen LogP contribution in [0.15, 0.2) is 18.2 Å². The number of phenolic OH excluding ortho intramolecular Hbond substituents is 1. The van der Waals surface area contributed by atoms with Crippen LogP contribution in [0.1, 0.15) is 18.5 Å². The summed E-state index contributed by atoms with van der Waals surface area (Å²) in [4.78, 5) is 23.4. The topological polar surface area (TPSA) is 77.8 Å². The fraction of sp³-hybridized carbons (Fsp3) is 0.273. The molecule has 1 unspecified atom stereocenters. The molecule has 0 aliphatic carbocycles. The lowest BCUT2D eigenvalue weighted by molar-refractivity contribution is -0.148. The Hall–Kier alpha value is -1.75. The van der Waals surface area contributed by atoms with Crippen molar-refractivity contribution in [3.8, 4) is 5.75 Å². The lowest BCUT2D eigenvalue weighted by atomic mass is 10.1. The molecule has 0 fully saturated rings. The van der Waals surface area contributed by atoms with Crippen molar-refractivity contribution in [3.05, 3.63) is 28.8 Å². The number of aromatic hydroxyl groups is 1. The van der Waals surface area contributed by atoms with Crippen molar-refractivity contribution in [2.75, 3.05) is 7.05 Å². The van der Waals surface area contributed by atoms with Gasteiger partial charge in [-0.2, -0.15) is 0 Å². The van der Waals surface area contributed by atoms with Crippen molar-refractivity contribution in [2.24, 2.45) is 0 Å². The van der Waals surface area contributed by atoms with Gasteiger partial charge in [0, 0.05) is 14.0 Å². The predicted octanol–water partition coefficient (Wildman–Crippen LogP) is 1.65. The van der Waals surface area contributed by atoms with Crippen molar-refractivity contribution < 1.29 is 19.8 Å². The molecule has 1 aromatic carbocycles. The average molecular weight is 258 g/mol. The molecule has 0 saturated heterocycles. The second-order valence-electron chi connectivity index (χ2n) is 3.58. The number of hydrogen-bond acceptors (Lipinski definition) is 3. The van der Waals surface area contributed by atoms with E-state index in [9.17, 15) is 14.7 Å². The third-order valence-electron chi connectivity index (χ3n) is 2.41. The molecule has 0 aromatic heterocycles. The largest absolute Gasteiger partial charge is 0.506 e. The van der Waals surface area contributed by atoms with Crippen LogP contribution in [0.4, 0.5) is 0 Å². The zero-order valence-electron chi connectivity index (χ0n) is 9.35. The van der Waals surface area contributed by atoms with Gasteiger partial charge in [0.25, 0.3) is 0 Å². The van der Waals surface area contributed by atoms with Gasteiger partial charge in [-0.05, 0) is 17.7 Å². The molecule has 0 heterocycles. The number of aliphatic carboxylic acids is 1. The zero-order valence-corrected chi connectivity index (χ0v) is 10.1. The first kappa shape index (κ1) is 13.3. The highest BCUT2D eigenvalue weighted by molar-refractivity contribution is 6.32. The molecule has 5 nitrogen and oxygen atoms in total. The van der Waals surface area contributed by atoms with Crippen molar-refractivity contribution >= 4 is 23.5 Å². The molecule has 2 N–H and O–H groups in total. The third kappa shape index (κ3) is 2.88. The minimum atomic E-state index is -1.16. The standard InChI is InChI=1S/C11H12ClNO4/c1-6(14)13(2)10(11(16)17)7-3-4-9(15)8(12)5-7/h3-5,10,15H,1-2H3,(H,16,17). The van der Waals surface area contributed by atoms with Gasteiger partial charge < -0.3 is 15.1 Å². The van der Waals surface area contributed by atoms with E-state index in [0.717, 1.165) is 4.90 Å². The van der Waals surface area contributed by atoms with E-state index >= 15 is 0 Å². The summed E-state index contributed by atoms with van der Waals surface area (Å²) < 4.78 is 0. The van der Waals surface area contributed by atoms with Crippen LogP contribution in [0.2, 0.25) is 5.02 Å². The molecular weight excluding hydrogens is 246 g/mol. The van der Waals surface area contributed by atoms with Crippen LogP contribution in [0.3, 0.4) is 0 Å². The number of amides is 1. The minimum Gasteiger partial charge on any atom is -0.506 e. The first-order valence-electron chi connectivity index (χ1n) is 4.79. The molecule has 92 valence electrons. The maximum absolute atomic E-state index is 11.2. The first-order valence-corrected chi connectivity index (χ1v) is 5.17. The highest BCUT2D eigenvalue weighted by Gasteiger charge is 2.26. The van der Waals surface area contributed by atoms with E-state index in [4.69, 9.17) is 16.7 Å². The number of hydrogen-bond donors (Lipinski definition) is 2. The van der Waals surface area contributed by atoms with E-state index in [2.05, 4.69) is 0 Å². The summed E-state index contributed by atoms with van der Waals surface area (Å²) in [7, 11) is 1.39. The molecule has 0 radical (unpaired) electrons. The van der Waals surface area contributed by atoms with Crippen LogP contribution in [0, 0.1) is 0 Å². The molecule has 0 aliphatic heterocycles. The van der Waals surface area contributed by atoms with Crippen LogP contribution in [-0.4, -0.2) is 34.0 Å². The highest BCUT2D eigenvalue weighted by atomic mass is 35.5. The molecular formula is C11H12ClNO4. The molecule has 0 saturated carbocycles. The smallest absolute Gasteiger partial charge is 0.331 e. The van der Waals surface area contributed by atoms with Crippen LogP contribution < -0.4 is 0 Å². The molecule has 0 aliphatic rings. The average Bonchev–Trinajstić information content (AvgIpc) is 2.22. The number of phenols is 1. The fourth-order valence-corrected chi connectivity index (χ4v) is 1.60. The number of rotatable bonds is 3. The van der Waals surface area contributed by atoms with E-state index in [0.29, 0.717) is 5.56 Å². The van der Waals surface area contributed by atoms with Crippen LogP contribution in [-0.2, 0) is 9.59 Å². The lowest BCUT2D eigenvalue weighted by Crippen LogP contribution is -2.34. The number of carboxylic acid groups (broad SMARTS) is 1. The van der Waals surface area contributed by atoms with Gasteiger partial charge in [0.2, 0.25) is 5.91 Å². The van der Waals surface area contributed by atoms with Crippen molar-refractivity contribution in [3.63, 3.8) is 0 Å². The van der Waals surface area contributed by atoms with Gasteiger partial charge in [0.1, 0.15) is 5.75 Å². The molecule has 0 bridgehead atoms. The Labute approximate surface area is 103 Å². The highest BCUT2D eigenvalue weighted by Crippen LogP contribution is 2.28. The molecule has 17 heavy (non-hydrogen) atoms. The van der Waals surface area contributed by atoms with E-state index in [1.165, 1.54) is 32.2 Å². The molecule has 1 aromatic rings. The second kappa shape index (κ2) is 5.05. The molecule has 6 heteroatoms. The quantitative estimate of drug-likeness (QED) is 0.863. The molecule has 0 spiro atoms. The van der Waals surface area contributed by atoms with E-state index in [1.807, 2.05) is 0 Å². The van der Waals surface area contributed by atoms with Gasteiger partial charge in [-0.3, -0.25) is 4.79 Å². The summed E-state index contributed by atoms with van der Waals surface area (Å²) in [6.07, 6.45) is 0. The van der Waals surface area contributed by atoms with Crippen molar-refractivity contribution in [2.45, 2.75) is 13.0 Å². The SMILES string of the molecule is CC(=O)N(C)C(C(=O)O)c1ccc(O)c(Cl)c1. The summed E-state index contributed by atoms with van der Waals surface area (Å²) in [6, 6.07) is 2.92. The first-order chi connectivity index (χ1) is 7.84. The second-order valence-corrected chi connectivity index (χ2v) is 3.99. The van der Waals surface area contributed by atoms with E-state index in [1.54, 1.807) is 0 Å². The number of carbonyl (C=O) groups is 2. The van der Waals surface area contributed by atoms with Crippen LogP contribution >= 0.6 is 11.6 Å². The Morgan fingerprint density at radius 1 is 1.41 bits per heavy atom. The van der Waals surface area contributed by atoms with Gasteiger partial charge in [0.15, 0.2) is 6.04 Å². The number of carbonyl (C=O) groups excluding carboxylic acids is 1. The maximum Gasteiger partial charge on any atom is 0.331 e. The number of halogens is 1. The summed E-state index contributed by atoms with van der Waals surface area (Å²) in [6.45, 7) is 1.28. The zero-order chi connectivity index (χ0) is 13.2. The van der Waals surface area contributed by atoms with Crippen molar-refractivity contribution in [1.82, 2.24) is 4.90 Å². The summed E-state index contributed by atoms with van der Waals surface area (Å²) in [5.41, 5.74) is 0.331. The Morgan fingerprint density at radius 3 is 2.41 bits per heavy atom. The molecule has 1 amide bonds. The molecule has 1 rings (SSSR count). The normalized spacial score (nSPS) is 11.9. The monoisotopic (exact) mass is 257 g/mol. The number of benzene rings is 1. The Balaban J connectivity index is 3.19. The third-order valence-corrected chi connectivity index (χ3v) is 2.71. The van der Waals surface area contributed by atoms with E-state index < -0.39 is 12.0 Å². The number of likely N-dealkylation sites (N-methyl/N-ethyl adjacent to an activating group) is 1. The molecule has 1 atom stereocenters. The Kier molecular flexibility index (Phi) is 3.96. The fourth-order valence-electron chi connectivity index (χ4n) is 1.41. The Morgan fingerprint density at radius 2 is 2.00 bits per heavy atom. The number of carboxylic acids is 1. The van der Waals surface area contributed by atoms with Crippen molar-refractivity contribution in [1.29, 1.82) is 0 Å². The van der Waals surface area contributed by atoms with Gasteiger partial charge >= 0.3 is 5.97 Å². The number of nitrogens with zero attached hydrogens (tertiary/aromatic N) is 1. The minimum absolute atomic E-state index is 0.0469. The lowest BCUT2D eigenvalue weighted by Gasteiger charge is -2.24. The van der Waals surface area contributed by atoms with E-state index in [-0.39, 0.29) is 16.7 Å². The van der Waals surface area contributed by atoms with Crippen LogP contribution in [0.25, 0.3) is 0 Å².